The summed E-state index contributed by atoms with van der Waals surface area (Å²) in [6.07, 6.45) is 5.08. The van der Waals surface area contributed by atoms with Crippen LogP contribution in [0.1, 0.15) is 57.4 Å². The molecule has 0 aliphatic carbocycles. The van der Waals surface area contributed by atoms with E-state index in [4.69, 9.17) is 5.10 Å². The molecule has 0 spiro atoms. The Hall–Kier alpha value is -3.67. The maximum atomic E-state index is 13.1. The first-order valence-electron chi connectivity index (χ1n) is 12.2. The first-order valence-corrected chi connectivity index (χ1v) is 12.2. The van der Waals surface area contributed by atoms with Crippen LogP contribution < -0.4 is 5.32 Å². The number of aryl methyl sites for hydroxylation is 1. The van der Waals surface area contributed by atoms with Crippen LogP contribution in [-0.2, 0) is 15.0 Å². The lowest BCUT2D eigenvalue weighted by Gasteiger charge is -2.21. The van der Waals surface area contributed by atoms with Gasteiger partial charge in [0.25, 0.3) is 0 Å². The molecule has 1 aromatic heterocycles. The number of para-hydroxylation sites is 1. The third kappa shape index (κ3) is 7.15. The molecule has 0 saturated carbocycles. The van der Waals surface area contributed by atoms with E-state index in [2.05, 4.69) is 33.0 Å². The predicted octanol–water partition coefficient (Wildman–Crippen LogP) is 5.76. The van der Waals surface area contributed by atoms with Gasteiger partial charge < -0.3 is 10.2 Å². The molecular weight excluding hydrogens is 436 g/mol. The van der Waals surface area contributed by atoms with Crippen LogP contribution in [0, 0.1) is 6.92 Å². The van der Waals surface area contributed by atoms with Crippen molar-refractivity contribution in [3.63, 3.8) is 0 Å². The van der Waals surface area contributed by atoms with Gasteiger partial charge in [-0.2, -0.15) is 5.10 Å². The summed E-state index contributed by atoms with van der Waals surface area (Å²) in [6, 6.07) is 19.5. The largest absolute Gasteiger partial charge is 0.330 e. The number of rotatable bonds is 9. The Bertz CT molecular complexity index is 1170. The fourth-order valence-electron chi connectivity index (χ4n) is 3.63. The molecule has 2 amide bonds. The van der Waals surface area contributed by atoms with Gasteiger partial charge in [-0.15, -0.1) is 0 Å². The van der Waals surface area contributed by atoms with Gasteiger partial charge in [0.2, 0.25) is 11.8 Å². The molecule has 6 nitrogen and oxygen atoms in total. The molecule has 184 valence electrons. The maximum absolute atomic E-state index is 13.1. The minimum Gasteiger partial charge on any atom is -0.330 e. The molecule has 3 rings (SSSR count). The molecule has 35 heavy (non-hydrogen) atoms. The van der Waals surface area contributed by atoms with Crippen LogP contribution in [0.2, 0.25) is 0 Å². The number of hydrogen-bond acceptors (Lipinski definition) is 3. The average Bonchev–Trinajstić information content (AvgIpc) is 3.25. The standard InChI is InChI=1S/C29H36N4O2/c1-6-7-19-32(28(35)18-17-23-14-9-8-10-15-23)21-27(34)30-26-20-25(29(3,4)5)31-33(26)24-16-12-11-13-22(24)2/h8-18,20H,6-7,19,21H2,1-5H3,(H,30,34). The molecular formula is C29H36N4O2. The Balaban J connectivity index is 1.81. The first kappa shape index (κ1) is 25.9. The zero-order chi connectivity index (χ0) is 25.4. The van der Waals surface area contributed by atoms with Crippen molar-refractivity contribution in [2.75, 3.05) is 18.4 Å². The van der Waals surface area contributed by atoms with Gasteiger partial charge in [0, 0.05) is 24.1 Å². The predicted molar refractivity (Wildman–Crippen MR) is 143 cm³/mol. The average molecular weight is 473 g/mol. The highest BCUT2D eigenvalue weighted by Crippen LogP contribution is 2.27. The van der Waals surface area contributed by atoms with Gasteiger partial charge in [0.05, 0.1) is 11.4 Å². The summed E-state index contributed by atoms with van der Waals surface area (Å²) >= 11 is 0. The van der Waals surface area contributed by atoms with E-state index < -0.39 is 0 Å². The first-order chi connectivity index (χ1) is 16.7. The quantitative estimate of drug-likeness (QED) is 0.403. The van der Waals surface area contributed by atoms with Crippen molar-refractivity contribution in [2.45, 2.75) is 52.9 Å². The van der Waals surface area contributed by atoms with Crippen LogP contribution in [0.25, 0.3) is 11.8 Å². The van der Waals surface area contributed by atoms with E-state index in [1.54, 1.807) is 15.7 Å². The number of benzene rings is 2. The van der Waals surface area contributed by atoms with Gasteiger partial charge in [-0.05, 0) is 36.6 Å². The van der Waals surface area contributed by atoms with E-state index in [1.807, 2.05) is 67.6 Å². The number of nitrogens with zero attached hydrogens (tertiary/aromatic N) is 3. The van der Waals surface area contributed by atoms with Crippen LogP contribution in [0.3, 0.4) is 0 Å². The number of carbonyl (C=O) groups excluding carboxylic acids is 2. The molecule has 0 aliphatic rings. The van der Waals surface area contributed by atoms with Gasteiger partial charge >= 0.3 is 0 Å². The third-order valence-corrected chi connectivity index (χ3v) is 5.73. The van der Waals surface area contributed by atoms with Crippen LogP contribution in [0.15, 0.2) is 66.7 Å². The summed E-state index contributed by atoms with van der Waals surface area (Å²) in [7, 11) is 0. The molecule has 0 atom stereocenters. The Kier molecular flexibility index (Phi) is 8.63. The molecule has 0 radical (unpaired) electrons. The van der Waals surface area contributed by atoms with Gasteiger partial charge in [0.15, 0.2) is 0 Å². The van der Waals surface area contributed by atoms with Crippen molar-refractivity contribution >= 4 is 23.7 Å². The van der Waals surface area contributed by atoms with Gasteiger partial charge in [0.1, 0.15) is 12.4 Å². The molecule has 0 bridgehead atoms. The normalized spacial score (nSPS) is 11.6. The summed E-state index contributed by atoms with van der Waals surface area (Å²) < 4.78 is 1.78. The van der Waals surface area contributed by atoms with Crippen molar-refractivity contribution in [1.29, 1.82) is 0 Å². The minimum absolute atomic E-state index is 0.0260. The molecule has 1 N–H and O–H groups in total. The highest BCUT2D eigenvalue weighted by molar-refractivity contribution is 5.97. The van der Waals surface area contributed by atoms with Crippen LogP contribution >= 0.6 is 0 Å². The van der Waals surface area contributed by atoms with E-state index >= 15 is 0 Å². The fraction of sp³-hybridized carbons (Fsp3) is 0.345. The number of aromatic nitrogens is 2. The van der Waals surface area contributed by atoms with Crippen molar-refractivity contribution in [3.05, 3.63) is 83.6 Å². The highest BCUT2D eigenvalue weighted by atomic mass is 16.2. The third-order valence-electron chi connectivity index (χ3n) is 5.73. The second-order valence-electron chi connectivity index (χ2n) is 9.77. The summed E-state index contributed by atoms with van der Waals surface area (Å²) in [5, 5.41) is 7.81. The second-order valence-corrected chi connectivity index (χ2v) is 9.77. The topological polar surface area (TPSA) is 67.2 Å². The van der Waals surface area contributed by atoms with E-state index in [-0.39, 0.29) is 23.8 Å². The zero-order valence-corrected chi connectivity index (χ0v) is 21.4. The monoisotopic (exact) mass is 472 g/mol. The van der Waals surface area contributed by atoms with E-state index in [0.717, 1.165) is 35.3 Å². The molecule has 0 fully saturated rings. The summed E-state index contributed by atoms with van der Waals surface area (Å²) in [6.45, 7) is 10.9. The molecule has 0 aliphatic heterocycles. The molecule has 3 aromatic rings. The van der Waals surface area contributed by atoms with Crippen LogP contribution in [-0.4, -0.2) is 39.6 Å². The lowest BCUT2D eigenvalue weighted by atomic mass is 9.92. The number of hydrogen-bond donors (Lipinski definition) is 1. The number of unbranched alkanes of at least 4 members (excludes halogenated alkanes) is 1. The number of nitrogens with one attached hydrogen (secondary N) is 1. The Morgan fingerprint density at radius 1 is 1.06 bits per heavy atom. The number of amides is 2. The lowest BCUT2D eigenvalue weighted by molar-refractivity contribution is -0.130. The summed E-state index contributed by atoms with van der Waals surface area (Å²) in [5.41, 5.74) is 3.59. The van der Waals surface area contributed by atoms with Crippen molar-refractivity contribution in [1.82, 2.24) is 14.7 Å². The zero-order valence-electron chi connectivity index (χ0n) is 21.4. The smallest absolute Gasteiger partial charge is 0.247 e. The fourth-order valence-corrected chi connectivity index (χ4v) is 3.63. The van der Waals surface area contributed by atoms with E-state index in [9.17, 15) is 9.59 Å². The minimum atomic E-state index is -0.252. The molecule has 0 saturated heterocycles. The van der Waals surface area contributed by atoms with Crippen molar-refractivity contribution in [3.8, 4) is 5.69 Å². The Morgan fingerprint density at radius 2 is 1.74 bits per heavy atom. The van der Waals surface area contributed by atoms with E-state index in [1.165, 1.54) is 6.08 Å². The Labute approximate surface area is 208 Å². The second kappa shape index (κ2) is 11.6. The van der Waals surface area contributed by atoms with Crippen LogP contribution in [0.4, 0.5) is 5.82 Å². The lowest BCUT2D eigenvalue weighted by Crippen LogP contribution is -2.38. The molecule has 2 aromatic carbocycles. The molecule has 0 unspecified atom stereocenters. The molecule has 1 heterocycles. The van der Waals surface area contributed by atoms with Crippen molar-refractivity contribution < 1.29 is 9.59 Å². The van der Waals surface area contributed by atoms with E-state index in [0.29, 0.717) is 12.4 Å². The van der Waals surface area contributed by atoms with Crippen LogP contribution in [0.5, 0.6) is 0 Å². The number of carbonyl (C=O) groups is 2. The highest BCUT2D eigenvalue weighted by Gasteiger charge is 2.23. The summed E-state index contributed by atoms with van der Waals surface area (Å²) in [4.78, 5) is 27.6. The van der Waals surface area contributed by atoms with Gasteiger partial charge in [-0.25, -0.2) is 4.68 Å². The Morgan fingerprint density at radius 3 is 2.40 bits per heavy atom. The van der Waals surface area contributed by atoms with Gasteiger partial charge in [-0.1, -0.05) is 82.6 Å². The molecule has 6 heteroatoms. The SMILES string of the molecule is CCCCN(CC(=O)Nc1cc(C(C)(C)C)nn1-c1ccccc1C)C(=O)C=Cc1ccccc1. The number of anilines is 1. The maximum Gasteiger partial charge on any atom is 0.247 e. The summed E-state index contributed by atoms with van der Waals surface area (Å²) in [5.74, 6) is 0.162. The van der Waals surface area contributed by atoms with Gasteiger partial charge in [-0.3, -0.25) is 9.59 Å². The van der Waals surface area contributed by atoms with Crippen molar-refractivity contribution in [2.24, 2.45) is 0 Å².